The van der Waals surface area contributed by atoms with Crippen LogP contribution < -0.4 is 4.74 Å². The second-order valence-corrected chi connectivity index (χ2v) is 8.17. The van der Waals surface area contributed by atoms with E-state index >= 15 is 0 Å². The number of piperidine rings is 1. The second-order valence-electron chi connectivity index (χ2n) is 7.14. The Kier molecular flexibility index (Phi) is 5.57. The molecule has 3 aromatic rings. The molecular formula is C22H26N2O3S. The third kappa shape index (κ3) is 3.74. The number of hydrogen-bond acceptors (Lipinski definition) is 4. The maximum atomic E-state index is 12.0. The summed E-state index contributed by atoms with van der Waals surface area (Å²) in [4.78, 5) is 15.2. The van der Waals surface area contributed by atoms with E-state index in [1.165, 1.54) is 21.3 Å². The zero-order chi connectivity index (χ0) is 19.5. The van der Waals surface area contributed by atoms with Crippen molar-refractivity contribution in [2.75, 3.05) is 26.8 Å². The summed E-state index contributed by atoms with van der Waals surface area (Å²) in [5, 5.41) is 3.38. The summed E-state index contributed by atoms with van der Waals surface area (Å²) in [6.07, 6.45) is 4.01. The SMILES string of the molecule is CCOC(=O)N1CCC(c2cn(Cc3cccs3)c3ccc(OC)cc23)CC1. The summed E-state index contributed by atoms with van der Waals surface area (Å²) in [6.45, 7) is 4.63. The van der Waals surface area contributed by atoms with Gasteiger partial charge < -0.3 is 18.9 Å². The molecule has 148 valence electrons. The number of nitrogens with zero attached hydrogens (tertiary/aromatic N) is 2. The Morgan fingerprint density at radius 2 is 2.07 bits per heavy atom. The highest BCUT2D eigenvalue weighted by Crippen LogP contribution is 2.36. The Labute approximate surface area is 169 Å². The molecule has 0 bridgehead atoms. The Balaban J connectivity index is 1.62. The normalized spacial score (nSPS) is 15.1. The molecule has 1 amide bonds. The van der Waals surface area contributed by atoms with Crippen LogP contribution in [-0.2, 0) is 11.3 Å². The molecule has 0 atom stereocenters. The molecule has 3 heterocycles. The minimum absolute atomic E-state index is 0.192. The van der Waals surface area contributed by atoms with Crippen LogP contribution in [0, 0.1) is 0 Å². The van der Waals surface area contributed by atoms with Gasteiger partial charge in [-0.2, -0.15) is 0 Å². The Morgan fingerprint density at radius 1 is 1.25 bits per heavy atom. The fourth-order valence-electron chi connectivity index (χ4n) is 4.05. The van der Waals surface area contributed by atoms with Gasteiger partial charge in [0.05, 0.1) is 20.3 Å². The molecule has 28 heavy (non-hydrogen) atoms. The summed E-state index contributed by atoms with van der Waals surface area (Å²) >= 11 is 1.78. The smallest absolute Gasteiger partial charge is 0.409 e. The molecule has 0 aliphatic carbocycles. The monoisotopic (exact) mass is 398 g/mol. The highest BCUT2D eigenvalue weighted by Gasteiger charge is 2.27. The molecule has 0 unspecified atom stereocenters. The lowest BCUT2D eigenvalue weighted by Gasteiger charge is -2.31. The zero-order valence-electron chi connectivity index (χ0n) is 16.4. The summed E-state index contributed by atoms with van der Waals surface area (Å²) in [6, 6.07) is 10.6. The number of carbonyl (C=O) groups excluding carboxylic acids is 1. The van der Waals surface area contributed by atoms with Crippen molar-refractivity contribution in [2.45, 2.75) is 32.2 Å². The van der Waals surface area contributed by atoms with Gasteiger partial charge in [0.15, 0.2) is 0 Å². The molecule has 1 saturated heterocycles. The third-order valence-corrected chi connectivity index (χ3v) is 6.35. The van der Waals surface area contributed by atoms with Gasteiger partial charge in [-0.25, -0.2) is 4.79 Å². The molecule has 0 radical (unpaired) electrons. The van der Waals surface area contributed by atoms with Gasteiger partial charge in [-0.05, 0) is 60.9 Å². The number of benzene rings is 1. The van der Waals surface area contributed by atoms with E-state index in [2.05, 4.69) is 40.4 Å². The van der Waals surface area contributed by atoms with Gasteiger partial charge in [0, 0.05) is 35.1 Å². The number of likely N-dealkylation sites (tertiary alicyclic amines) is 1. The molecule has 5 nitrogen and oxygen atoms in total. The second kappa shape index (κ2) is 8.27. The molecule has 4 rings (SSSR count). The molecule has 0 N–H and O–H groups in total. The first kappa shape index (κ1) is 18.9. The molecule has 2 aromatic heterocycles. The number of carbonyl (C=O) groups is 1. The van der Waals surface area contributed by atoms with E-state index in [1.54, 1.807) is 18.4 Å². The lowest BCUT2D eigenvalue weighted by Crippen LogP contribution is -2.38. The van der Waals surface area contributed by atoms with Gasteiger partial charge in [-0.3, -0.25) is 0 Å². The van der Waals surface area contributed by atoms with Crippen molar-refractivity contribution in [1.82, 2.24) is 9.47 Å². The molecule has 0 spiro atoms. The summed E-state index contributed by atoms with van der Waals surface area (Å²) in [7, 11) is 1.71. The van der Waals surface area contributed by atoms with E-state index in [0.717, 1.165) is 38.2 Å². The maximum Gasteiger partial charge on any atom is 0.409 e. The van der Waals surface area contributed by atoms with Crippen molar-refractivity contribution in [2.24, 2.45) is 0 Å². The van der Waals surface area contributed by atoms with Gasteiger partial charge in [-0.15, -0.1) is 11.3 Å². The van der Waals surface area contributed by atoms with Crippen LogP contribution >= 0.6 is 11.3 Å². The number of fused-ring (bicyclic) bond motifs is 1. The fraction of sp³-hybridized carbons (Fsp3) is 0.409. The van der Waals surface area contributed by atoms with Crippen LogP contribution in [0.15, 0.2) is 41.9 Å². The summed E-state index contributed by atoms with van der Waals surface area (Å²) in [5.74, 6) is 1.32. The Bertz CT molecular complexity index is 940. The average molecular weight is 399 g/mol. The summed E-state index contributed by atoms with van der Waals surface area (Å²) in [5.41, 5.74) is 2.59. The van der Waals surface area contributed by atoms with Crippen LogP contribution in [-0.4, -0.2) is 42.4 Å². The number of aromatic nitrogens is 1. The van der Waals surface area contributed by atoms with E-state index in [1.807, 2.05) is 17.9 Å². The molecule has 1 aliphatic heterocycles. The lowest BCUT2D eigenvalue weighted by atomic mass is 9.89. The van der Waals surface area contributed by atoms with Crippen LogP contribution in [0.2, 0.25) is 0 Å². The highest BCUT2D eigenvalue weighted by molar-refractivity contribution is 7.09. The Morgan fingerprint density at radius 3 is 2.75 bits per heavy atom. The first-order valence-corrected chi connectivity index (χ1v) is 10.7. The number of ether oxygens (including phenoxy) is 2. The van der Waals surface area contributed by atoms with Crippen molar-refractivity contribution in [3.8, 4) is 5.75 Å². The van der Waals surface area contributed by atoms with Crippen molar-refractivity contribution in [1.29, 1.82) is 0 Å². The number of hydrogen-bond donors (Lipinski definition) is 0. The maximum absolute atomic E-state index is 12.0. The van der Waals surface area contributed by atoms with E-state index in [4.69, 9.17) is 9.47 Å². The van der Waals surface area contributed by atoms with Gasteiger partial charge >= 0.3 is 6.09 Å². The van der Waals surface area contributed by atoms with Crippen LogP contribution in [0.3, 0.4) is 0 Å². The molecule has 0 saturated carbocycles. The standard InChI is InChI=1S/C22H26N2O3S/c1-3-27-22(25)23-10-8-16(9-11-23)20-15-24(14-18-5-4-12-28-18)21-7-6-17(26-2)13-19(20)21/h4-7,12-13,15-16H,3,8-11,14H2,1-2H3. The number of amides is 1. The first-order chi connectivity index (χ1) is 13.7. The van der Waals surface area contributed by atoms with Crippen molar-refractivity contribution >= 4 is 28.3 Å². The van der Waals surface area contributed by atoms with E-state index in [-0.39, 0.29) is 6.09 Å². The van der Waals surface area contributed by atoms with Crippen LogP contribution in [0.4, 0.5) is 4.79 Å². The predicted molar refractivity (Wildman–Crippen MR) is 112 cm³/mol. The van der Waals surface area contributed by atoms with Gasteiger partial charge in [-0.1, -0.05) is 6.07 Å². The minimum Gasteiger partial charge on any atom is -0.497 e. The predicted octanol–water partition coefficient (Wildman–Crippen LogP) is 5.10. The molecule has 1 aliphatic rings. The zero-order valence-corrected chi connectivity index (χ0v) is 17.2. The Hall–Kier alpha value is -2.47. The molecule has 6 heteroatoms. The largest absolute Gasteiger partial charge is 0.497 e. The average Bonchev–Trinajstić information content (AvgIpc) is 3.36. The fourth-order valence-corrected chi connectivity index (χ4v) is 4.75. The molecular weight excluding hydrogens is 372 g/mol. The lowest BCUT2D eigenvalue weighted by molar-refractivity contribution is 0.0971. The van der Waals surface area contributed by atoms with Gasteiger partial charge in [0.25, 0.3) is 0 Å². The van der Waals surface area contributed by atoms with Crippen LogP contribution in [0.5, 0.6) is 5.75 Å². The molecule has 1 fully saturated rings. The topological polar surface area (TPSA) is 43.7 Å². The quantitative estimate of drug-likeness (QED) is 0.601. The van der Waals surface area contributed by atoms with E-state index in [9.17, 15) is 4.79 Å². The first-order valence-electron chi connectivity index (χ1n) is 9.80. The van der Waals surface area contributed by atoms with Gasteiger partial charge in [0.2, 0.25) is 0 Å². The van der Waals surface area contributed by atoms with Crippen molar-refractivity contribution in [3.63, 3.8) is 0 Å². The van der Waals surface area contributed by atoms with E-state index < -0.39 is 0 Å². The highest BCUT2D eigenvalue weighted by atomic mass is 32.1. The summed E-state index contributed by atoms with van der Waals surface area (Å²) < 4.78 is 13.0. The third-order valence-electron chi connectivity index (χ3n) is 5.49. The number of methoxy groups -OCH3 is 1. The van der Waals surface area contributed by atoms with Crippen LogP contribution in [0.25, 0.3) is 10.9 Å². The van der Waals surface area contributed by atoms with Crippen LogP contribution in [0.1, 0.15) is 36.1 Å². The number of thiophene rings is 1. The molecule has 1 aromatic carbocycles. The minimum atomic E-state index is -0.192. The number of rotatable bonds is 5. The van der Waals surface area contributed by atoms with Crippen molar-refractivity contribution < 1.29 is 14.3 Å². The van der Waals surface area contributed by atoms with Crippen molar-refractivity contribution in [3.05, 3.63) is 52.3 Å². The van der Waals surface area contributed by atoms with E-state index in [0.29, 0.717) is 12.5 Å². The van der Waals surface area contributed by atoms with Gasteiger partial charge in [0.1, 0.15) is 5.75 Å².